The maximum Gasteiger partial charge on any atom is 0.271 e. The summed E-state index contributed by atoms with van der Waals surface area (Å²) in [6.07, 6.45) is 0.854. The molecule has 8 heteroatoms. The van der Waals surface area contributed by atoms with Crippen molar-refractivity contribution in [1.82, 2.24) is 10.1 Å². The number of benzene rings is 1. The molecule has 0 saturated heterocycles. The summed E-state index contributed by atoms with van der Waals surface area (Å²) in [4.78, 5) is 16.7. The van der Waals surface area contributed by atoms with Crippen LogP contribution in [0.15, 0.2) is 22.7 Å². The minimum absolute atomic E-state index is 0.0891. The molecule has 1 aliphatic heterocycles. The first-order valence-electron chi connectivity index (χ1n) is 6.50. The molecule has 110 valence electrons. The van der Waals surface area contributed by atoms with Gasteiger partial charge in [0.1, 0.15) is 6.61 Å². The molecule has 0 aliphatic carbocycles. The number of nitrogens with zero attached hydrogens (tertiary/aromatic N) is 4. The Bertz CT molecular complexity index is 670. The molecule has 21 heavy (non-hydrogen) atoms. The zero-order valence-electron chi connectivity index (χ0n) is 11.5. The molecule has 0 spiro atoms. The van der Waals surface area contributed by atoms with Crippen LogP contribution in [-0.4, -0.2) is 28.7 Å². The predicted molar refractivity (Wildman–Crippen MR) is 72.9 cm³/mol. The fourth-order valence-corrected chi connectivity index (χ4v) is 2.42. The number of anilines is 1. The van der Waals surface area contributed by atoms with Crippen molar-refractivity contribution >= 4 is 11.4 Å². The van der Waals surface area contributed by atoms with Crippen LogP contribution in [0.25, 0.3) is 0 Å². The van der Waals surface area contributed by atoms with Crippen LogP contribution in [-0.2, 0) is 24.3 Å². The number of nitro groups is 1. The van der Waals surface area contributed by atoms with Gasteiger partial charge in [0.25, 0.3) is 5.69 Å². The zero-order chi connectivity index (χ0) is 14.8. The molecule has 0 N–H and O–H groups in total. The molecular weight excluding hydrogens is 276 g/mol. The lowest BCUT2D eigenvalue weighted by Gasteiger charge is -2.16. The van der Waals surface area contributed by atoms with Crippen molar-refractivity contribution in [2.45, 2.75) is 19.6 Å². The largest absolute Gasteiger partial charge is 0.377 e. The Hall–Kier alpha value is -2.48. The van der Waals surface area contributed by atoms with Gasteiger partial charge >= 0.3 is 0 Å². The number of ether oxygens (including phenoxy) is 1. The summed E-state index contributed by atoms with van der Waals surface area (Å²) < 4.78 is 10.1. The molecule has 0 unspecified atom stereocenters. The van der Waals surface area contributed by atoms with Crippen molar-refractivity contribution in [3.05, 3.63) is 45.6 Å². The monoisotopic (exact) mass is 290 g/mol. The molecule has 0 atom stereocenters. The van der Waals surface area contributed by atoms with E-state index in [0.29, 0.717) is 24.9 Å². The van der Waals surface area contributed by atoms with Crippen LogP contribution in [0.4, 0.5) is 11.4 Å². The second-order valence-corrected chi connectivity index (χ2v) is 4.78. The van der Waals surface area contributed by atoms with Gasteiger partial charge < -0.3 is 14.2 Å². The maximum atomic E-state index is 10.9. The van der Waals surface area contributed by atoms with Crippen LogP contribution in [0.3, 0.4) is 0 Å². The molecule has 0 bridgehead atoms. The second kappa shape index (κ2) is 5.49. The van der Waals surface area contributed by atoms with Crippen molar-refractivity contribution in [2.24, 2.45) is 0 Å². The van der Waals surface area contributed by atoms with Gasteiger partial charge in [-0.1, -0.05) is 11.2 Å². The van der Waals surface area contributed by atoms with Gasteiger partial charge in [-0.25, -0.2) is 0 Å². The van der Waals surface area contributed by atoms with Crippen molar-refractivity contribution in [2.75, 3.05) is 18.6 Å². The van der Waals surface area contributed by atoms with E-state index in [1.54, 1.807) is 19.2 Å². The molecule has 2 aromatic rings. The van der Waals surface area contributed by atoms with E-state index in [0.717, 1.165) is 24.2 Å². The molecular formula is C13H14N4O4. The van der Waals surface area contributed by atoms with Crippen LogP contribution >= 0.6 is 0 Å². The normalized spacial score (nSPS) is 13.5. The van der Waals surface area contributed by atoms with Crippen LogP contribution in [0.5, 0.6) is 0 Å². The topological polar surface area (TPSA) is 94.5 Å². The Kier molecular flexibility index (Phi) is 3.53. The predicted octanol–water partition coefficient (Wildman–Crippen LogP) is 1.69. The third-order valence-corrected chi connectivity index (χ3v) is 3.38. The van der Waals surface area contributed by atoms with E-state index < -0.39 is 0 Å². The first kappa shape index (κ1) is 13.5. The number of fused-ring (bicyclic) bond motifs is 1. The maximum absolute atomic E-state index is 10.9. The highest BCUT2D eigenvalue weighted by Gasteiger charge is 2.23. The molecule has 0 amide bonds. The van der Waals surface area contributed by atoms with Crippen LogP contribution in [0.2, 0.25) is 0 Å². The van der Waals surface area contributed by atoms with E-state index in [1.807, 2.05) is 4.90 Å². The molecule has 3 rings (SSSR count). The lowest BCUT2D eigenvalue weighted by Crippen LogP contribution is -2.20. The summed E-state index contributed by atoms with van der Waals surface area (Å²) in [5, 5.41) is 14.7. The number of rotatable bonds is 5. The first-order valence-corrected chi connectivity index (χ1v) is 6.50. The number of methoxy groups -OCH3 is 1. The van der Waals surface area contributed by atoms with Gasteiger partial charge in [0.05, 0.1) is 11.5 Å². The SMILES string of the molecule is COCc1noc(CN2CCc3ccc([N+](=O)[O-])cc32)n1. The van der Waals surface area contributed by atoms with Gasteiger partial charge in [-0.05, 0) is 12.0 Å². The third-order valence-electron chi connectivity index (χ3n) is 3.38. The van der Waals surface area contributed by atoms with Crippen LogP contribution < -0.4 is 4.90 Å². The smallest absolute Gasteiger partial charge is 0.271 e. The third kappa shape index (κ3) is 2.70. The highest BCUT2D eigenvalue weighted by atomic mass is 16.6. The highest BCUT2D eigenvalue weighted by molar-refractivity contribution is 5.62. The Morgan fingerprint density at radius 1 is 1.52 bits per heavy atom. The molecule has 0 fully saturated rings. The van der Waals surface area contributed by atoms with E-state index in [1.165, 1.54) is 6.07 Å². The van der Waals surface area contributed by atoms with Gasteiger partial charge in [0, 0.05) is 31.5 Å². The van der Waals surface area contributed by atoms with E-state index >= 15 is 0 Å². The van der Waals surface area contributed by atoms with E-state index in [2.05, 4.69) is 10.1 Å². The lowest BCUT2D eigenvalue weighted by atomic mass is 10.1. The Morgan fingerprint density at radius 3 is 3.14 bits per heavy atom. The van der Waals surface area contributed by atoms with Gasteiger partial charge in [-0.2, -0.15) is 4.98 Å². The second-order valence-electron chi connectivity index (χ2n) is 4.78. The summed E-state index contributed by atoms with van der Waals surface area (Å²) in [7, 11) is 1.56. The average Bonchev–Trinajstić information content (AvgIpc) is 3.07. The molecule has 1 aliphatic rings. The molecule has 2 heterocycles. The van der Waals surface area contributed by atoms with Gasteiger partial charge in [-0.3, -0.25) is 10.1 Å². The zero-order valence-corrected chi connectivity index (χ0v) is 11.5. The van der Waals surface area contributed by atoms with E-state index in [4.69, 9.17) is 9.26 Å². The van der Waals surface area contributed by atoms with Crippen molar-refractivity contribution in [1.29, 1.82) is 0 Å². The molecule has 0 radical (unpaired) electrons. The minimum Gasteiger partial charge on any atom is -0.377 e. The van der Waals surface area contributed by atoms with Gasteiger partial charge in [0.15, 0.2) is 5.82 Å². The highest BCUT2D eigenvalue weighted by Crippen LogP contribution is 2.32. The number of aromatic nitrogens is 2. The van der Waals surface area contributed by atoms with E-state index in [-0.39, 0.29) is 10.6 Å². The lowest BCUT2D eigenvalue weighted by molar-refractivity contribution is -0.384. The van der Waals surface area contributed by atoms with Gasteiger partial charge in [0.2, 0.25) is 5.89 Å². The number of hydrogen-bond acceptors (Lipinski definition) is 7. The van der Waals surface area contributed by atoms with Crippen LogP contribution in [0, 0.1) is 10.1 Å². The standard InChI is InChI=1S/C13H14N4O4/c1-20-8-12-14-13(21-15-12)7-16-5-4-9-2-3-10(17(18)19)6-11(9)16/h2-3,6H,4-5,7-8H2,1H3. The molecule has 8 nitrogen and oxygen atoms in total. The van der Waals surface area contributed by atoms with Crippen LogP contribution in [0.1, 0.15) is 17.3 Å². The molecule has 0 saturated carbocycles. The summed E-state index contributed by atoms with van der Waals surface area (Å²) in [5.74, 6) is 0.965. The first-order chi connectivity index (χ1) is 10.2. The fourth-order valence-electron chi connectivity index (χ4n) is 2.42. The summed E-state index contributed by atoms with van der Waals surface area (Å²) >= 11 is 0. The van der Waals surface area contributed by atoms with Crippen molar-refractivity contribution in [3.63, 3.8) is 0 Å². The summed E-state index contributed by atoms with van der Waals surface area (Å²) in [6, 6.07) is 4.93. The van der Waals surface area contributed by atoms with Crippen molar-refractivity contribution in [3.8, 4) is 0 Å². The van der Waals surface area contributed by atoms with Crippen molar-refractivity contribution < 1.29 is 14.2 Å². The molecule has 1 aromatic heterocycles. The Balaban J connectivity index is 1.79. The average molecular weight is 290 g/mol. The van der Waals surface area contributed by atoms with Gasteiger partial charge in [-0.15, -0.1) is 0 Å². The summed E-state index contributed by atoms with van der Waals surface area (Å²) in [6.45, 7) is 1.51. The number of nitro benzene ring substituents is 1. The quantitative estimate of drug-likeness (QED) is 0.610. The Labute approximate surface area is 120 Å². The minimum atomic E-state index is -0.389. The fraction of sp³-hybridized carbons (Fsp3) is 0.385. The molecule has 1 aromatic carbocycles. The van der Waals surface area contributed by atoms with E-state index in [9.17, 15) is 10.1 Å². The number of non-ortho nitro benzene ring substituents is 1. The Morgan fingerprint density at radius 2 is 2.38 bits per heavy atom. The summed E-state index contributed by atoms with van der Waals surface area (Å²) in [5.41, 5.74) is 2.04. The number of hydrogen-bond donors (Lipinski definition) is 0.